The molecule has 0 fully saturated rings. The van der Waals surface area contributed by atoms with Crippen molar-refractivity contribution in [3.63, 3.8) is 0 Å². The van der Waals surface area contributed by atoms with E-state index in [2.05, 4.69) is 10.9 Å². The summed E-state index contributed by atoms with van der Waals surface area (Å²) in [6.45, 7) is 4.01. The Morgan fingerprint density at radius 1 is 0.960 bits per heavy atom. The van der Waals surface area contributed by atoms with E-state index in [1.54, 1.807) is 18.2 Å². The molecule has 0 atom stereocenters. The van der Waals surface area contributed by atoms with Crippen LogP contribution < -0.4 is 10.9 Å². The van der Waals surface area contributed by atoms with Crippen LogP contribution in [0.15, 0.2) is 42.5 Å². The van der Waals surface area contributed by atoms with Gasteiger partial charge in [0, 0.05) is 21.9 Å². The van der Waals surface area contributed by atoms with Crippen molar-refractivity contribution in [2.24, 2.45) is 0 Å². The highest BCUT2D eigenvalue weighted by molar-refractivity contribution is 6.16. The SMILES string of the molecule is Cc1ccc2c(c1C)c1ccc3c(c1n2F)NNc1cccc(F)c1-3. The average molecular weight is 335 g/mol. The topological polar surface area (TPSA) is 29.0 Å². The van der Waals surface area contributed by atoms with E-state index >= 15 is 4.48 Å². The van der Waals surface area contributed by atoms with E-state index in [-0.39, 0.29) is 5.82 Å². The lowest BCUT2D eigenvalue weighted by molar-refractivity contribution is 0.405. The number of hydrogen-bond acceptors (Lipinski definition) is 2. The lowest BCUT2D eigenvalue weighted by Crippen LogP contribution is -2.16. The number of aryl methyl sites for hydroxylation is 2. The molecule has 5 rings (SSSR count). The maximum Gasteiger partial charge on any atom is 0.133 e. The first-order valence-corrected chi connectivity index (χ1v) is 8.12. The van der Waals surface area contributed by atoms with E-state index in [9.17, 15) is 4.39 Å². The highest BCUT2D eigenvalue weighted by Crippen LogP contribution is 2.45. The standard InChI is InChI=1S/C20H15F2N3/c1-10-6-9-16-17(11(10)2)13-8-7-12-18-14(21)4-3-5-15(18)23-24-19(12)20(13)25(16)22/h3-9,23-24H,1-2H3. The summed E-state index contributed by atoms with van der Waals surface area (Å²) in [4.78, 5) is 0.691. The van der Waals surface area contributed by atoms with Crippen LogP contribution in [0.25, 0.3) is 32.9 Å². The number of hydrogen-bond donors (Lipinski definition) is 2. The number of fused-ring (bicyclic) bond motifs is 7. The van der Waals surface area contributed by atoms with Crippen LogP contribution in [0.4, 0.5) is 20.2 Å². The van der Waals surface area contributed by atoms with Crippen LogP contribution in [0.2, 0.25) is 0 Å². The van der Waals surface area contributed by atoms with Crippen LogP contribution in [0.1, 0.15) is 11.1 Å². The van der Waals surface area contributed by atoms with Gasteiger partial charge in [0.15, 0.2) is 0 Å². The molecule has 5 heteroatoms. The molecular weight excluding hydrogens is 320 g/mol. The van der Waals surface area contributed by atoms with Crippen molar-refractivity contribution >= 4 is 33.2 Å². The van der Waals surface area contributed by atoms with Crippen molar-refractivity contribution in [2.75, 3.05) is 10.9 Å². The summed E-state index contributed by atoms with van der Waals surface area (Å²) >= 11 is 0. The Labute approximate surface area is 142 Å². The van der Waals surface area contributed by atoms with E-state index in [0.29, 0.717) is 38.3 Å². The van der Waals surface area contributed by atoms with Crippen molar-refractivity contribution in [3.8, 4) is 11.1 Å². The molecule has 0 aliphatic carbocycles. The third-order valence-corrected chi connectivity index (χ3v) is 5.17. The van der Waals surface area contributed by atoms with Gasteiger partial charge in [-0.05, 0) is 43.2 Å². The molecule has 124 valence electrons. The van der Waals surface area contributed by atoms with Gasteiger partial charge >= 0.3 is 0 Å². The third-order valence-electron chi connectivity index (χ3n) is 5.17. The van der Waals surface area contributed by atoms with Crippen molar-refractivity contribution < 1.29 is 8.87 Å². The fraction of sp³-hybridized carbons (Fsp3) is 0.100. The molecule has 0 radical (unpaired) electrons. The van der Waals surface area contributed by atoms with Gasteiger partial charge in [-0.1, -0.05) is 28.7 Å². The summed E-state index contributed by atoms with van der Waals surface area (Å²) < 4.78 is 29.6. The zero-order valence-electron chi connectivity index (χ0n) is 13.7. The Balaban J connectivity index is 1.96. The lowest BCUT2D eigenvalue weighted by Gasteiger charge is -2.24. The maximum atomic E-state index is 15.2. The lowest BCUT2D eigenvalue weighted by atomic mass is 9.96. The first-order valence-electron chi connectivity index (χ1n) is 8.12. The molecular formula is C20H15F2N3. The van der Waals surface area contributed by atoms with Gasteiger partial charge in [-0.25, -0.2) is 4.39 Å². The van der Waals surface area contributed by atoms with Crippen LogP contribution in [-0.2, 0) is 0 Å². The van der Waals surface area contributed by atoms with E-state index < -0.39 is 0 Å². The summed E-state index contributed by atoms with van der Waals surface area (Å²) in [5, 5.41) is 1.70. The van der Waals surface area contributed by atoms with E-state index in [1.807, 2.05) is 32.0 Å². The highest BCUT2D eigenvalue weighted by Gasteiger charge is 2.25. The molecule has 0 unspecified atom stereocenters. The number of hydrazine groups is 1. The van der Waals surface area contributed by atoms with E-state index in [4.69, 9.17) is 0 Å². The van der Waals surface area contributed by atoms with Gasteiger partial charge in [-0.15, -0.1) is 0 Å². The molecule has 3 aromatic carbocycles. The van der Waals surface area contributed by atoms with E-state index in [0.717, 1.165) is 21.9 Å². The minimum absolute atomic E-state index is 0.333. The van der Waals surface area contributed by atoms with E-state index in [1.165, 1.54) is 6.07 Å². The molecule has 1 aliphatic heterocycles. The normalized spacial score (nSPS) is 12.6. The van der Waals surface area contributed by atoms with Crippen molar-refractivity contribution in [1.82, 2.24) is 4.79 Å². The molecule has 0 bridgehead atoms. The van der Waals surface area contributed by atoms with Crippen molar-refractivity contribution in [2.45, 2.75) is 13.8 Å². The number of benzene rings is 3. The van der Waals surface area contributed by atoms with Crippen LogP contribution in [-0.4, -0.2) is 4.79 Å². The zero-order chi connectivity index (χ0) is 17.3. The van der Waals surface area contributed by atoms with Gasteiger partial charge in [0.2, 0.25) is 0 Å². The number of anilines is 2. The smallest absolute Gasteiger partial charge is 0.133 e. The summed E-state index contributed by atoms with van der Waals surface area (Å²) in [5.74, 6) is -0.333. The Kier molecular flexibility index (Phi) is 2.70. The predicted molar refractivity (Wildman–Crippen MR) is 98.1 cm³/mol. The molecule has 0 amide bonds. The molecule has 1 aliphatic rings. The predicted octanol–water partition coefficient (Wildman–Crippen LogP) is 5.70. The summed E-state index contributed by atoms with van der Waals surface area (Å²) in [6.07, 6.45) is 0. The molecule has 0 saturated heterocycles. The van der Waals surface area contributed by atoms with Gasteiger partial charge in [0.1, 0.15) is 11.3 Å². The van der Waals surface area contributed by atoms with Crippen LogP contribution >= 0.6 is 0 Å². The number of halogens is 2. The van der Waals surface area contributed by atoms with Gasteiger partial charge in [-0.2, -0.15) is 4.79 Å². The van der Waals surface area contributed by atoms with Gasteiger partial charge < -0.3 is 5.43 Å². The quantitative estimate of drug-likeness (QED) is 0.431. The Bertz CT molecular complexity index is 1190. The average Bonchev–Trinajstić information content (AvgIpc) is 2.91. The Morgan fingerprint density at radius 2 is 1.80 bits per heavy atom. The second-order valence-corrected chi connectivity index (χ2v) is 6.48. The molecule has 2 N–H and O–H groups in total. The molecule has 3 nitrogen and oxygen atoms in total. The molecule has 0 saturated carbocycles. The van der Waals surface area contributed by atoms with Crippen molar-refractivity contribution in [1.29, 1.82) is 0 Å². The van der Waals surface area contributed by atoms with Crippen LogP contribution in [0.5, 0.6) is 0 Å². The molecule has 4 aromatic rings. The van der Waals surface area contributed by atoms with Crippen LogP contribution in [0, 0.1) is 19.7 Å². The Hall–Kier alpha value is -3.08. The number of nitrogens with one attached hydrogen (secondary N) is 2. The minimum atomic E-state index is -0.333. The van der Waals surface area contributed by atoms with Crippen LogP contribution in [0.3, 0.4) is 0 Å². The van der Waals surface area contributed by atoms with Gasteiger partial charge in [0.25, 0.3) is 0 Å². The third kappa shape index (κ3) is 1.72. The minimum Gasteiger partial charge on any atom is -0.300 e. The number of aromatic nitrogens is 1. The summed E-state index contributed by atoms with van der Waals surface area (Å²) in [5.41, 5.74) is 11.4. The molecule has 1 aromatic heterocycles. The maximum absolute atomic E-state index is 15.2. The number of rotatable bonds is 0. The first kappa shape index (κ1) is 14.3. The summed E-state index contributed by atoms with van der Waals surface area (Å²) in [7, 11) is 0. The molecule has 0 spiro atoms. The van der Waals surface area contributed by atoms with Gasteiger partial charge in [0.05, 0.1) is 16.9 Å². The first-order chi connectivity index (χ1) is 12.1. The summed E-state index contributed by atoms with van der Waals surface area (Å²) in [6, 6.07) is 12.3. The molecule has 25 heavy (non-hydrogen) atoms. The number of nitrogens with zero attached hydrogens (tertiary/aromatic N) is 1. The highest BCUT2D eigenvalue weighted by atomic mass is 19.2. The fourth-order valence-electron chi connectivity index (χ4n) is 3.79. The Morgan fingerprint density at radius 3 is 2.64 bits per heavy atom. The monoisotopic (exact) mass is 335 g/mol. The molecule has 2 heterocycles. The van der Waals surface area contributed by atoms with Crippen molar-refractivity contribution in [3.05, 3.63) is 59.4 Å². The largest absolute Gasteiger partial charge is 0.300 e. The fourth-order valence-corrected chi connectivity index (χ4v) is 3.79. The van der Waals surface area contributed by atoms with Gasteiger partial charge in [-0.3, -0.25) is 5.43 Å². The zero-order valence-corrected chi connectivity index (χ0v) is 13.7. The second kappa shape index (κ2) is 4.72. The second-order valence-electron chi connectivity index (χ2n) is 6.48.